The second-order valence-corrected chi connectivity index (χ2v) is 7.54. The molecule has 1 fully saturated rings. The lowest BCUT2D eigenvalue weighted by Crippen LogP contribution is -2.30. The number of pyridine rings is 1. The summed E-state index contributed by atoms with van der Waals surface area (Å²) in [5, 5.41) is 4.13. The largest absolute Gasteiger partial charge is 0.390 e. The number of benzene rings is 1. The Bertz CT molecular complexity index is 837. The van der Waals surface area contributed by atoms with Gasteiger partial charge in [0.05, 0.1) is 23.1 Å². The van der Waals surface area contributed by atoms with Crippen molar-refractivity contribution in [1.29, 1.82) is 0 Å². The molecule has 0 spiro atoms. The van der Waals surface area contributed by atoms with Crippen LogP contribution >= 0.6 is 0 Å². The van der Waals surface area contributed by atoms with E-state index in [2.05, 4.69) is 10.1 Å². The van der Waals surface area contributed by atoms with Crippen molar-refractivity contribution in [2.24, 2.45) is 11.1 Å². The Morgan fingerprint density at radius 3 is 2.65 bits per heavy atom. The average Bonchev–Trinajstić information content (AvgIpc) is 3.17. The molecule has 0 amide bonds. The maximum Gasteiger partial charge on any atom is 0.243 e. The van der Waals surface area contributed by atoms with Crippen LogP contribution in [0.4, 0.5) is 0 Å². The minimum atomic E-state index is -3.50. The maximum absolute atomic E-state index is 12.7. The Morgan fingerprint density at radius 1 is 1.09 bits per heavy atom. The van der Waals surface area contributed by atoms with Crippen LogP contribution in [0.5, 0.6) is 0 Å². The molecular formula is C16H15N3O3S. The highest BCUT2D eigenvalue weighted by Gasteiger charge is 2.46. The van der Waals surface area contributed by atoms with E-state index in [0.29, 0.717) is 18.0 Å². The van der Waals surface area contributed by atoms with Crippen molar-refractivity contribution in [3.63, 3.8) is 0 Å². The summed E-state index contributed by atoms with van der Waals surface area (Å²) >= 11 is 0. The van der Waals surface area contributed by atoms with Crippen molar-refractivity contribution in [3.05, 3.63) is 60.4 Å². The minimum Gasteiger partial charge on any atom is -0.390 e. The van der Waals surface area contributed by atoms with Crippen molar-refractivity contribution >= 4 is 15.7 Å². The first-order valence-electron chi connectivity index (χ1n) is 7.35. The lowest BCUT2D eigenvalue weighted by Gasteiger charge is -2.16. The van der Waals surface area contributed by atoms with Gasteiger partial charge in [0.25, 0.3) is 0 Å². The minimum absolute atomic E-state index is 0.0577. The molecule has 0 N–H and O–H groups in total. The molecule has 1 aromatic carbocycles. The normalized spacial score (nSPS) is 24.1. The molecule has 23 heavy (non-hydrogen) atoms. The van der Waals surface area contributed by atoms with Crippen molar-refractivity contribution in [2.75, 3.05) is 13.1 Å². The first-order valence-corrected chi connectivity index (χ1v) is 8.79. The Labute approximate surface area is 134 Å². The monoisotopic (exact) mass is 329 g/mol. The summed E-state index contributed by atoms with van der Waals surface area (Å²) in [5.41, 5.74) is 1.65. The number of hydrogen-bond acceptors (Lipinski definition) is 5. The van der Waals surface area contributed by atoms with Gasteiger partial charge in [-0.1, -0.05) is 23.4 Å². The van der Waals surface area contributed by atoms with Gasteiger partial charge in [0.2, 0.25) is 10.0 Å². The van der Waals surface area contributed by atoms with E-state index in [4.69, 9.17) is 4.84 Å². The van der Waals surface area contributed by atoms with Crippen molar-refractivity contribution in [2.45, 2.75) is 11.0 Å². The summed E-state index contributed by atoms with van der Waals surface area (Å²) in [7, 11) is -3.50. The molecule has 7 heteroatoms. The van der Waals surface area contributed by atoms with Gasteiger partial charge in [-0.05, 0) is 24.3 Å². The van der Waals surface area contributed by atoms with Crippen LogP contribution in [0.25, 0.3) is 0 Å². The molecule has 2 aliphatic heterocycles. The Kier molecular flexibility index (Phi) is 3.39. The van der Waals surface area contributed by atoms with Crippen LogP contribution in [0.3, 0.4) is 0 Å². The number of rotatable bonds is 3. The van der Waals surface area contributed by atoms with E-state index in [9.17, 15) is 8.42 Å². The molecule has 0 bridgehead atoms. The van der Waals surface area contributed by atoms with Gasteiger partial charge in [-0.15, -0.1) is 0 Å². The molecular weight excluding hydrogens is 314 g/mol. The van der Waals surface area contributed by atoms with Crippen molar-refractivity contribution in [1.82, 2.24) is 9.29 Å². The van der Waals surface area contributed by atoms with Gasteiger partial charge in [0.15, 0.2) is 6.10 Å². The highest BCUT2D eigenvalue weighted by atomic mass is 32.2. The standard InChI is InChI=1S/C16H15N3O3S/c20-23(21,13-6-2-1-3-7-13)19-10-14-15(11-19)22-18-16(14)12-5-4-8-17-9-12/h1-9,14-15H,10-11H2. The van der Waals surface area contributed by atoms with E-state index in [1.165, 1.54) is 4.31 Å². The van der Waals surface area contributed by atoms with Crippen molar-refractivity contribution in [3.8, 4) is 0 Å². The van der Waals surface area contributed by atoms with E-state index < -0.39 is 10.0 Å². The summed E-state index contributed by atoms with van der Waals surface area (Å²) in [6.07, 6.45) is 3.18. The van der Waals surface area contributed by atoms with Crippen LogP contribution in [-0.2, 0) is 14.9 Å². The molecule has 6 nitrogen and oxygen atoms in total. The molecule has 0 radical (unpaired) electrons. The molecule has 2 aromatic rings. The fraction of sp³-hybridized carbons (Fsp3) is 0.250. The fourth-order valence-electron chi connectivity index (χ4n) is 3.02. The molecule has 0 aliphatic carbocycles. The average molecular weight is 329 g/mol. The quantitative estimate of drug-likeness (QED) is 0.855. The van der Waals surface area contributed by atoms with Crippen LogP contribution in [-0.4, -0.2) is 42.6 Å². The third kappa shape index (κ3) is 2.42. The molecule has 2 aliphatic rings. The van der Waals surface area contributed by atoms with E-state index in [1.54, 1.807) is 42.7 Å². The molecule has 2 atom stereocenters. The van der Waals surface area contributed by atoms with Gasteiger partial charge in [0.1, 0.15) is 0 Å². The third-order valence-electron chi connectivity index (χ3n) is 4.21. The maximum atomic E-state index is 12.7. The van der Waals surface area contributed by atoms with Gasteiger partial charge >= 0.3 is 0 Å². The summed E-state index contributed by atoms with van der Waals surface area (Å²) in [4.78, 5) is 9.86. The van der Waals surface area contributed by atoms with Crippen LogP contribution in [0, 0.1) is 5.92 Å². The number of hydrogen-bond donors (Lipinski definition) is 0. The highest BCUT2D eigenvalue weighted by Crippen LogP contribution is 2.32. The van der Waals surface area contributed by atoms with E-state index in [0.717, 1.165) is 11.3 Å². The number of nitrogens with zero attached hydrogens (tertiary/aromatic N) is 3. The number of fused-ring (bicyclic) bond motifs is 1. The number of oxime groups is 1. The van der Waals surface area contributed by atoms with Gasteiger partial charge in [-0.3, -0.25) is 4.98 Å². The lowest BCUT2D eigenvalue weighted by atomic mass is 9.96. The highest BCUT2D eigenvalue weighted by molar-refractivity contribution is 7.89. The summed E-state index contributed by atoms with van der Waals surface area (Å²) in [6.45, 7) is 0.685. The smallest absolute Gasteiger partial charge is 0.243 e. The molecule has 118 valence electrons. The lowest BCUT2D eigenvalue weighted by molar-refractivity contribution is 0.0803. The third-order valence-corrected chi connectivity index (χ3v) is 6.05. The summed E-state index contributed by atoms with van der Waals surface area (Å²) < 4.78 is 26.9. The second-order valence-electron chi connectivity index (χ2n) is 5.60. The fourth-order valence-corrected chi connectivity index (χ4v) is 4.52. The van der Waals surface area contributed by atoms with Gasteiger partial charge in [-0.25, -0.2) is 8.42 Å². The number of sulfonamides is 1. The molecule has 1 saturated heterocycles. The zero-order chi connectivity index (χ0) is 15.9. The molecule has 0 saturated carbocycles. The first kappa shape index (κ1) is 14.3. The SMILES string of the molecule is O=S(=O)(c1ccccc1)N1CC2ON=C(c3cccnc3)C2C1. The Hall–Kier alpha value is -2.25. The van der Waals surface area contributed by atoms with Crippen LogP contribution in [0.2, 0.25) is 0 Å². The topological polar surface area (TPSA) is 71.9 Å². The van der Waals surface area contributed by atoms with Crippen molar-refractivity contribution < 1.29 is 13.3 Å². The Morgan fingerprint density at radius 2 is 1.91 bits per heavy atom. The van der Waals surface area contributed by atoms with Crippen LogP contribution in [0.15, 0.2) is 64.9 Å². The summed E-state index contributed by atoms with van der Waals surface area (Å²) in [5.74, 6) is -0.0577. The van der Waals surface area contributed by atoms with E-state index in [-0.39, 0.29) is 12.0 Å². The zero-order valence-electron chi connectivity index (χ0n) is 12.2. The molecule has 3 heterocycles. The molecule has 2 unspecified atom stereocenters. The van der Waals surface area contributed by atoms with Crippen LogP contribution < -0.4 is 0 Å². The van der Waals surface area contributed by atoms with Gasteiger partial charge in [0, 0.05) is 24.5 Å². The predicted molar refractivity (Wildman–Crippen MR) is 84.3 cm³/mol. The molecule has 1 aromatic heterocycles. The van der Waals surface area contributed by atoms with Gasteiger partial charge in [-0.2, -0.15) is 4.31 Å². The Balaban J connectivity index is 1.60. The second kappa shape index (κ2) is 5.43. The first-order chi connectivity index (χ1) is 11.2. The number of aromatic nitrogens is 1. The molecule has 4 rings (SSSR count). The van der Waals surface area contributed by atoms with Crippen LogP contribution in [0.1, 0.15) is 5.56 Å². The summed E-state index contributed by atoms with van der Waals surface area (Å²) in [6, 6.07) is 12.2. The predicted octanol–water partition coefficient (Wildman–Crippen LogP) is 1.51. The zero-order valence-corrected chi connectivity index (χ0v) is 13.1. The van der Waals surface area contributed by atoms with E-state index >= 15 is 0 Å². The van der Waals surface area contributed by atoms with E-state index in [1.807, 2.05) is 12.1 Å². The van der Waals surface area contributed by atoms with Gasteiger partial charge < -0.3 is 4.84 Å².